The van der Waals surface area contributed by atoms with Crippen LogP contribution in [0.4, 0.5) is 5.69 Å². The van der Waals surface area contributed by atoms with E-state index in [-0.39, 0.29) is 27.4 Å². The normalized spacial score (nSPS) is 9.88. The largest absolute Gasteiger partial charge is 0.459 e. The highest BCUT2D eigenvalue weighted by Gasteiger charge is 2.17. The lowest BCUT2D eigenvalue weighted by Crippen LogP contribution is -2.25. The first-order valence-electron chi connectivity index (χ1n) is 4.58. The first-order chi connectivity index (χ1) is 7.95. The standard InChI is InChI=1S/C10H8Cl3NO3/c1-2-17-10(16)9(15)14-8-4-6(12)5(11)3-7(8)13/h3-4H,2H2,1H3,(H,14,15). The Hall–Kier alpha value is -0.970. The van der Waals surface area contributed by atoms with E-state index in [1.165, 1.54) is 12.1 Å². The molecular formula is C10H8Cl3NO3. The Morgan fingerprint density at radius 2 is 1.76 bits per heavy atom. The van der Waals surface area contributed by atoms with Crippen LogP contribution in [0.15, 0.2) is 12.1 Å². The summed E-state index contributed by atoms with van der Waals surface area (Å²) in [6.07, 6.45) is 0. The third-order valence-corrected chi connectivity index (χ3v) is 2.75. The van der Waals surface area contributed by atoms with Gasteiger partial charge in [0, 0.05) is 0 Å². The SMILES string of the molecule is CCOC(=O)C(=O)Nc1cc(Cl)c(Cl)cc1Cl. The number of hydrogen-bond donors (Lipinski definition) is 1. The molecule has 1 amide bonds. The Bertz CT molecular complexity index is 462. The average Bonchev–Trinajstić information content (AvgIpc) is 2.26. The van der Waals surface area contributed by atoms with Crippen LogP contribution in [-0.2, 0) is 14.3 Å². The smallest absolute Gasteiger partial charge is 0.397 e. The number of nitrogens with one attached hydrogen (secondary N) is 1. The Kier molecular flexibility index (Phi) is 5.05. The first kappa shape index (κ1) is 14.1. The predicted molar refractivity (Wildman–Crippen MR) is 66.7 cm³/mol. The zero-order chi connectivity index (χ0) is 13.0. The quantitative estimate of drug-likeness (QED) is 0.518. The number of carbonyl (C=O) groups excluding carboxylic acids is 2. The maximum atomic E-state index is 11.3. The molecule has 0 heterocycles. The molecule has 0 aliphatic rings. The molecule has 0 aliphatic heterocycles. The second-order valence-corrected chi connectivity index (χ2v) is 4.14. The van der Waals surface area contributed by atoms with Gasteiger partial charge in [0.1, 0.15) is 0 Å². The molecule has 1 N–H and O–H groups in total. The molecule has 1 aromatic rings. The van der Waals surface area contributed by atoms with E-state index in [0.29, 0.717) is 0 Å². The summed E-state index contributed by atoms with van der Waals surface area (Å²) in [6.45, 7) is 1.71. The van der Waals surface area contributed by atoms with Crippen molar-refractivity contribution in [2.24, 2.45) is 0 Å². The van der Waals surface area contributed by atoms with Gasteiger partial charge >= 0.3 is 11.9 Å². The number of carbonyl (C=O) groups is 2. The minimum Gasteiger partial charge on any atom is -0.459 e. The molecular weight excluding hydrogens is 288 g/mol. The number of ether oxygens (including phenoxy) is 1. The van der Waals surface area contributed by atoms with Crippen molar-refractivity contribution >= 4 is 52.4 Å². The van der Waals surface area contributed by atoms with E-state index in [1.807, 2.05) is 0 Å². The van der Waals surface area contributed by atoms with Crippen LogP contribution in [0.25, 0.3) is 0 Å². The van der Waals surface area contributed by atoms with Gasteiger partial charge in [0.25, 0.3) is 0 Å². The van der Waals surface area contributed by atoms with Gasteiger partial charge in [-0.1, -0.05) is 34.8 Å². The minimum absolute atomic E-state index is 0.112. The Morgan fingerprint density at radius 1 is 1.18 bits per heavy atom. The lowest BCUT2D eigenvalue weighted by atomic mass is 10.3. The van der Waals surface area contributed by atoms with Crippen molar-refractivity contribution in [2.75, 3.05) is 11.9 Å². The monoisotopic (exact) mass is 295 g/mol. The second kappa shape index (κ2) is 6.10. The molecule has 0 bridgehead atoms. The first-order valence-corrected chi connectivity index (χ1v) is 5.71. The van der Waals surface area contributed by atoms with Crippen molar-refractivity contribution in [1.82, 2.24) is 0 Å². The second-order valence-electron chi connectivity index (χ2n) is 2.92. The van der Waals surface area contributed by atoms with E-state index in [1.54, 1.807) is 6.92 Å². The van der Waals surface area contributed by atoms with Gasteiger partial charge in [-0.2, -0.15) is 0 Å². The molecule has 0 saturated heterocycles. The fraction of sp³-hybridized carbons (Fsp3) is 0.200. The summed E-state index contributed by atoms with van der Waals surface area (Å²) in [4.78, 5) is 22.4. The van der Waals surface area contributed by atoms with Crippen molar-refractivity contribution in [2.45, 2.75) is 6.92 Å². The zero-order valence-corrected chi connectivity index (χ0v) is 11.0. The van der Waals surface area contributed by atoms with Gasteiger partial charge in [-0.25, -0.2) is 4.79 Å². The third kappa shape index (κ3) is 3.77. The van der Waals surface area contributed by atoms with Gasteiger partial charge in [-0.15, -0.1) is 0 Å². The molecule has 0 radical (unpaired) electrons. The van der Waals surface area contributed by atoms with Crippen molar-refractivity contribution in [3.63, 3.8) is 0 Å². The van der Waals surface area contributed by atoms with Crippen LogP contribution >= 0.6 is 34.8 Å². The molecule has 0 unspecified atom stereocenters. The van der Waals surface area contributed by atoms with Crippen LogP contribution in [0.5, 0.6) is 0 Å². The molecule has 1 rings (SSSR count). The lowest BCUT2D eigenvalue weighted by molar-refractivity contribution is -0.152. The number of anilines is 1. The summed E-state index contributed by atoms with van der Waals surface area (Å²) in [5.41, 5.74) is 0.194. The minimum atomic E-state index is -0.991. The molecule has 17 heavy (non-hydrogen) atoms. The fourth-order valence-electron chi connectivity index (χ4n) is 0.988. The predicted octanol–water partition coefficient (Wildman–Crippen LogP) is 3.15. The third-order valence-electron chi connectivity index (χ3n) is 1.72. The zero-order valence-electron chi connectivity index (χ0n) is 8.72. The molecule has 0 spiro atoms. The van der Waals surface area contributed by atoms with Crippen LogP contribution in [0, 0.1) is 0 Å². The van der Waals surface area contributed by atoms with Gasteiger partial charge in [0.2, 0.25) is 0 Å². The molecule has 4 nitrogen and oxygen atoms in total. The van der Waals surface area contributed by atoms with E-state index < -0.39 is 11.9 Å². The molecule has 7 heteroatoms. The molecule has 0 aliphatic carbocycles. The van der Waals surface area contributed by atoms with Crippen LogP contribution in [0.3, 0.4) is 0 Å². The van der Waals surface area contributed by atoms with Crippen molar-refractivity contribution < 1.29 is 14.3 Å². The van der Waals surface area contributed by atoms with E-state index in [4.69, 9.17) is 34.8 Å². The fourth-order valence-corrected chi connectivity index (χ4v) is 1.58. The Balaban J connectivity index is 2.85. The number of halogens is 3. The highest BCUT2D eigenvalue weighted by Crippen LogP contribution is 2.32. The molecule has 0 saturated carbocycles. The van der Waals surface area contributed by atoms with Gasteiger partial charge in [0.15, 0.2) is 0 Å². The molecule has 0 fully saturated rings. The van der Waals surface area contributed by atoms with E-state index >= 15 is 0 Å². The number of benzene rings is 1. The number of esters is 1. The summed E-state index contributed by atoms with van der Waals surface area (Å²) in [5, 5.41) is 2.93. The molecule has 0 aromatic heterocycles. The number of rotatable bonds is 2. The van der Waals surface area contributed by atoms with Gasteiger partial charge in [-0.3, -0.25) is 4.79 Å². The molecule has 1 aromatic carbocycles. The van der Waals surface area contributed by atoms with Crippen LogP contribution < -0.4 is 5.32 Å². The highest BCUT2D eigenvalue weighted by atomic mass is 35.5. The summed E-state index contributed by atoms with van der Waals surface area (Å²) < 4.78 is 4.52. The van der Waals surface area contributed by atoms with Gasteiger partial charge < -0.3 is 10.1 Å². The maximum absolute atomic E-state index is 11.3. The van der Waals surface area contributed by atoms with Crippen LogP contribution in [0.1, 0.15) is 6.92 Å². The maximum Gasteiger partial charge on any atom is 0.397 e. The lowest BCUT2D eigenvalue weighted by Gasteiger charge is -2.07. The number of hydrogen-bond acceptors (Lipinski definition) is 3. The van der Waals surface area contributed by atoms with E-state index in [0.717, 1.165) is 0 Å². The summed E-state index contributed by atoms with van der Waals surface area (Å²) in [7, 11) is 0. The Labute approximate surface area is 113 Å². The van der Waals surface area contributed by atoms with E-state index in [2.05, 4.69) is 10.1 Å². The van der Waals surface area contributed by atoms with Gasteiger partial charge in [-0.05, 0) is 19.1 Å². The van der Waals surface area contributed by atoms with Gasteiger partial charge in [0.05, 0.1) is 27.4 Å². The summed E-state index contributed by atoms with van der Waals surface area (Å²) in [6, 6.07) is 2.72. The topological polar surface area (TPSA) is 55.4 Å². The summed E-state index contributed by atoms with van der Waals surface area (Å²) >= 11 is 17.3. The number of amides is 1. The van der Waals surface area contributed by atoms with Crippen molar-refractivity contribution in [3.8, 4) is 0 Å². The summed E-state index contributed by atoms with van der Waals surface area (Å²) in [5.74, 6) is -1.92. The van der Waals surface area contributed by atoms with Crippen LogP contribution in [0.2, 0.25) is 15.1 Å². The van der Waals surface area contributed by atoms with Crippen molar-refractivity contribution in [1.29, 1.82) is 0 Å². The van der Waals surface area contributed by atoms with E-state index in [9.17, 15) is 9.59 Å². The highest BCUT2D eigenvalue weighted by molar-refractivity contribution is 6.45. The molecule has 92 valence electrons. The Morgan fingerprint density at radius 3 is 2.35 bits per heavy atom. The molecule has 0 atom stereocenters. The van der Waals surface area contributed by atoms with Crippen LogP contribution in [-0.4, -0.2) is 18.5 Å². The average molecular weight is 297 g/mol. The van der Waals surface area contributed by atoms with Crippen molar-refractivity contribution in [3.05, 3.63) is 27.2 Å².